The first-order valence-electron chi connectivity index (χ1n) is 12.9. The van der Waals surface area contributed by atoms with Crippen LogP contribution in [-0.4, -0.2) is 45.4 Å². The van der Waals surface area contributed by atoms with Gasteiger partial charge < -0.3 is 21.5 Å². The van der Waals surface area contributed by atoms with Gasteiger partial charge in [0, 0.05) is 23.0 Å². The molecule has 0 unspecified atom stereocenters. The highest BCUT2D eigenvalue weighted by Crippen LogP contribution is 2.40. The monoisotopic (exact) mass is 549 g/mol. The van der Waals surface area contributed by atoms with Gasteiger partial charge in [-0.2, -0.15) is 4.99 Å². The molecule has 0 radical (unpaired) electrons. The second-order valence-electron chi connectivity index (χ2n) is 10.3. The largest absolute Gasteiger partial charge is 0.393 e. The first kappa shape index (κ1) is 28.0. The number of hydrogen-bond acceptors (Lipinski definition) is 5. The lowest BCUT2D eigenvalue weighted by atomic mass is 9.85. The Kier molecular flexibility index (Phi) is 8.67. The van der Waals surface area contributed by atoms with Gasteiger partial charge in [0.1, 0.15) is 5.69 Å². The fourth-order valence-electron chi connectivity index (χ4n) is 5.32. The number of aliphatic hydroxyl groups is 1. The van der Waals surface area contributed by atoms with Crippen molar-refractivity contribution in [3.05, 3.63) is 34.5 Å². The van der Waals surface area contributed by atoms with Gasteiger partial charge in [-0.15, -0.1) is 0 Å². The van der Waals surface area contributed by atoms with E-state index >= 15 is 0 Å². The Labute approximate surface area is 225 Å². The van der Waals surface area contributed by atoms with Gasteiger partial charge in [0.05, 0.1) is 11.8 Å². The number of aliphatic imine (C=N–C) groups is 2. The maximum absolute atomic E-state index is 14.6. The van der Waals surface area contributed by atoms with Crippen molar-refractivity contribution in [3.8, 4) is 0 Å². The molecule has 2 saturated carbocycles. The minimum absolute atomic E-state index is 0.0250. The van der Waals surface area contributed by atoms with Crippen molar-refractivity contribution in [2.24, 2.45) is 27.6 Å². The van der Waals surface area contributed by atoms with E-state index in [4.69, 9.17) is 22.3 Å². The van der Waals surface area contributed by atoms with E-state index in [-0.39, 0.29) is 52.4 Å². The van der Waals surface area contributed by atoms with Crippen LogP contribution in [0.25, 0.3) is 0 Å². The molecule has 2 aromatic rings. The number of nitrogens with one attached hydrogen (secondary N) is 2. The summed E-state index contributed by atoms with van der Waals surface area (Å²) < 4.78 is 31.1. The molecule has 3 atom stereocenters. The molecule has 2 aliphatic rings. The van der Waals surface area contributed by atoms with Crippen molar-refractivity contribution in [3.63, 3.8) is 0 Å². The summed E-state index contributed by atoms with van der Waals surface area (Å²) in [7, 11) is 0. The van der Waals surface area contributed by atoms with Crippen LogP contribution in [0.5, 0.6) is 0 Å². The molecule has 38 heavy (non-hydrogen) atoms. The van der Waals surface area contributed by atoms with Gasteiger partial charge in [0.25, 0.3) is 0 Å². The smallest absolute Gasteiger partial charge is 0.224 e. The quantitative estimate of drug-likeness (QED) is 0.300. The Morgan fingerprint density at radius 1 is 1.21 bits per heavy atom. The van der Waals surface area contributed by atoms with Gasteiger partial charge in [-0.3, -0.25) is 9.36 Å². The number of aliphatic hydroxyl groups excluding tert-OH is 1. The minimum atomic E-state index is -0.857. The molecule has 9 nitrogen and oxygen atoms in total. The third-order valence-electron chi connectivity index (χ3n) is 7.61. The molecule has 0 bridgehead atoms. The third kappa shape index (κ3) is 6.15. The van der Waals surface area contributed by atoms with E-state index in [0.717, 1.165) is 25.0 Å². The van der Waals surface area contributed by atoms with Crippen LogP contribution in [0.2, 0.25) is 5.02 Å². The molecule has 1 amide bonds. The number of aromatic nitrogens is 2. The van der Waals surface area contributed by atoms with Gasteiger partial charge in [-0.25, -0.2) is 18.8 Å². The summed E-state index contributed by atoms with van der Waals surface area (Å²) >= 11 is 5.79. The zero-order valence-corrected chi connectivity index (χ0v) is 22.3. The van der Waals surface area contributed by atoms with E-state index in [9.17, 15) is 18.7 Å². The molecule has 0 aliphatic heterocycles. The number of carbonyl (C=O) groups is 1. The predicted octanol–water partition coefficient (Wildman–Crippen LogP) is 4.91. The van der Waals surface area contributed by atoms with E-state index in [1.807, 2.05) is 6.92 Å². The molecular weight excluding hydrogens is 516 g/mol. The highest BCUT2D eigenvalue weighted by atomic mass is 35.5. The maximum atomic E-state index is 14.6. The third-order valence-corrected chi connectivity index (χ3v) is 7.83. The normalized spacial score (nSPS) is 26.2. The molecule has 5 N–H and O–H groups in total. The van der Waals surface area contributed by atoms with E-state index in [2.05, 4.69) is 27.3 Å². The lowest BCUT2D eigenvalue weighted by Gasteiger charge is -2.32. The van der Waals surface area contributed by atoms with Crippen LogP contribution in [0.15, 0.2) is 22.1 Å². The van der Waals surface area contributed by atoms with Crippen molar-refractivity contribution in [1.82, 2.24) is 14.9 Å². The van der Waals surface area contributed by atoms with E-state index in [0.29, 0.717) is 43.6 Å². The number of carbonyl (C=O) groups excluding carboxylic acids is 1. The molecular formula is C26H34ClF2N7O2. The molecule has 0 saturated heterocycles. The SMILES string of the molecule is C=N/C(=N\c1c(C)nc(Nc2c(F)cc(Cl)cc2F)n1[C@H]1CC[C@@H](C(N)=O)CC1)N[C@@H]1CC[C@@H](C)[C@H](O)C1. The second kappa shape index (κ2) is 11.8. The summed E-state index contributed by atoms with van der Waals surface area (Å²) in [5.41, 5.74) is 5.65. The van der Waals surface area contributed by atoms with Gasteiger partial charge in [-0.05, 0) is 76.6 Å². The summed E-state index contributed by atoms with van der Waals surface area (Å²) in [5, 5.41) is 16.3. The van der Waals surface area contributed by atoms with Crippen LogP contribution in [-0.2, 0) is 4.79 Å². The van der Waals surface area contributed by atoms with Crippen molar-refractivity contribution >= 4 is 47.6 Å². The van der Waals surface area contributed by atoms with Crippen molar-refractivity contribution < 1.29 is 18.7 Å². The number of rotatable bonds is 6. The highest BCUT2D eigenvalue weighted by Gasteiger charge is 2.31. The molecule has 206 valence electrons. The Morgan fingerprint density at radius 2 is 1.87 bits per heavy atom. The van der Waals surface area contributed by atoms with Crippen molar-refractivity contribution in [2.45, 2.75) is 77.0 Å². The number of halogens is 3. The van der Waals surface area contributed by atoms with Crippen LogP contribution in [0.4, 0.5) is 26.2 Å². The fraction of sp³-hybridized carbons (Fsp3) is 0.538. The maximum Gasteiger partial charge on any atom is 0.224 e. The van der Waals surface area contributed by atoms with Crippen LogP contribution in [0.3, 0.4) is 0 Å². The average Bonchev–Trinajstić information content (AvgIpc) is 3.17. The van der Waals surface area contributed by atoms with Gasteiger partial charge in [0.2, 0.25) is 17.8 Å². The number of nitrogens with two attached hydrogens (primary N) is 1. The number of guanidine groups is 1. The van der Waals surface area contributed by atoms with Crippen LogP contribution in [0.1, 0.15) is 63.6 Å². The number of nitrogens with zero attached hydrogens (tertiary/aromatic N) is 4. The number of benzene rings is 1. The summed E-state index contributed by atoms with van der Waals surface area (Å²) in [5.74, 6) is -1.13. The minimum Gasteiger partial charge on any atom is -0.393 e. The highest BCUT2D eigenvalue weighted by molar-refractivity contribution is 6.30. The van der Waals surface area contributed by atoms with Gasteiger partial charge in [-0.1, -0.05) is 18.5 Å². The molecule has 2 fully saturated rings. The van der Waals surface area contributed by atoms with Gasteiger partial charge >= 0.3 is 0 Å². The van der Waals surface area contributed by atoms with Crippen LogP contribution < -0.4 is 16.4 Å². The van der Waals surface area contributed by atoms with E-state index in [1.165, 1.54) is 0 Å². The zero-order chi connectivity index (χ0) is 27.6. The topological polar surface area (TPSA) is 130 Å². The molecule has 0 spiro atoms. The molecule has 2 aliphatic carbocycles. The lowest BCUT2D eigenvalue weighted by molar-refractivity contribution is -0.122. The standard InChI is InChI=1S/C26H34ClF2N7O2/c1-13-4-7-17(12-21(13)37)33-25(31-3)35-24-14(2)32-26(34-22-19(28)10-16(27)11-20(22)29)36(24)18-8-5-15(6-9-18)23(30)38/h10-11,13,15,17-18,21,37H,3-9,12H2,1-2H3,(H2,30,38)(H,32,34)(H,33,35)/t13-,15-,17-,18+,21-/m1/s1. The molecule has 1 aromatic heterocycles. The number of anilines is 2. The van der Waals surface area contributed by atoms with E-state index < -0.39 is 17.7 Å². The van der Waals surface area contributed by atoms with Crippen molar-refractivity contribution in [1.29, 1.82) is 0 Å². The van der Waals surface area contributed by atoms with Crippen molar-refractivity contribution in [2.75, 3.05) is 5.32 Å². The summed E-state index contributed by atoms with van der Waals surface area (Å²) in [6.45, 7) is 7.42. The van der Waals surface area contributed by atoms with Crippen LogP contribution >= 0.6 is 11.6 Å². The first-order chi connectivity index (χ1) is 18.1. The Balaban J connectivity index is 1.70. The predicted molar refractivity (Wildman–Crippen MR) is 144 cm³/mol. The van der Waals surface area contributed by atoms with Crippen LogP contribution in [0, 0.1) is 30.4 Å². The molecule has 4 rings (SSSR count). The van der Waals surface area contributed by atoms with E-state index in [1.54, 1.807) is 11.5 Å². The lowest BCUT2D eigenvalue weighted by Crippen LogP contribution is -2.41. The number of hydrogen-bond donors (Lipinski definition) is 4. The Bertz CT molecular complexity index is 1200. The molecule has 12 heteroatoms. The fourth-order valence-corrected chi connectivity index (χ4v) is 5.52. The van der Waals surface area contributed by atoms with Gasteiger partial charge in [0.15, 0.2) is 17.5 Å². The molecule has 1 heterocycles. The first-order valence-corrected chi connectivity index (χ1v) is 13.2. The number of imidazole rings is 1. The number of amides is 1. The summed E-state index contributed by atoms with van der Waals surface area (Å²) in [6.07, 6.45) is 4.22. The Hall–Kier alpha value is -3.05. The Morgan fingerprint density at radius 3 is 2.45 bits per heavy atom. The number of aryl methyl sites for hydroxylation is 1. The zero-order valence-electron chi connectivity index (χ0n) is 21.6. The summed E-state index contributed by atoms with van der Waals surface area (Å²) in [4.78, 5) is 25.1. The average molecular weight is 550 g/mol. The molecule has 1 aromatic carbocycles. The number of primary amides is 1. The second-order valence-corrected chi connectivity index (χ2v) is 10.7. The summed E-state index contributed by atoms with van der Waals surface area (Å²) in [6, 6.07) is 1.86.